The molecule has 1 aromatic carbocycles. The first-order valence-corrected chi connectivity index (χ1v) is 10.1. The Morgan fingerprint density at radius 2 is 1.84 bits per heavy atom. The van der Waals surface area contributed by atoms with Crippen LogP contribution in [0.1, 0.15) is 39.7 Å². The maximum atomic E-state index is 13.9. The molecule has 0 N–H and O–H groups in total. The van der Waals surface area contributed by atoms with E-state index in [-0.39, 0.29) is 45.0 Å². The third-order valence-corrected chi connectivity index (χ3v) is 6.12. The number of halogens is 6. The number of alkyl halides is 6. The molecule has 11 heteroatoms. The minimum atomic E-state index is -4.61. The van der Waals surface area contributed by atoms with E-state index in [1.807, 2.05) is 6.07 Å². The van der Waals surface area contributed by atoms with Crippen LogP contribution in [0.25, 0.3) is 10.6 Å². The van der Waals surface area contributed by atoms with Gasteiger partial charge in [0.2, 0.25) is 0 Å². The monoisotopic (exact) mass is 465 g/mol. The Bertz CT molecular complexity index is 1150. The minimum Gasteiger partial charge on any atom is -0.251 e. The van der Waals surface area contributed by atoms with E-state index in [1.165, 1.54) is 19.1 Å². The van der Waals surface area contributed by atoms with E-state index in [4.69, 9.17) is 13.1 Å². The molecule has 1 atom stereocenters. The lowest BCUT2D eigenvalue weighted by Crippen LogP contribution is -2.21. The third-order valence-electron chi connectivity index (χ3n) is 4.80. The van der Waals surface area contributed by atoms with Gasteiger partial charge in [-0.25, -0.2) is 4.98 Å². The molecule has 0 saturated heterocycles. The highest BCUT2D eigenvalue weighted by molar-refractivity contribution is 7.15. The number of aromatic nitrogens is 2. The van der Waals surface area contributed by atoms with Gasteiger partial charge in [0.05, 0.1) is 17.7 Å². The Morgan fingerprint density at radius 1 is 1.12 bits per heavy atom. The second-order valence-corrected chi connectivity index (χ2v) is 8.10. The molecule has 164 valence electrons. The SMILES string of the molecule is [B]c1cc(CCC(c2sc(-c3ccc(C(F)(F)F)nc3)nc2C)C(F)(F)F)ccc1C#N. The van der Waals surface area contributed by atoms with E-state index in [0.29, 0.717) is 5.56 Å². The van der Waals surface area contributed by atoms with E-state index in [9.17, 15) is 26.3 Å². The van der Waals surface area contributed by atoms with Crippen LogP contribution < -0.4 is 5.46 Å². The molecule has 0 saturated carbocycles. The lowest BCUT2D eigenvalue weighted by atomic mass is 9.87. The molecule has 0 aliphatic rings. The van der Waals surface area contributed by atoms with Gasteiger partial charge in [-0.2, -0.15) is 31.6 Å². The van der Waals surface area contributed by atoms with Gasteiger partial charge >= 0.3 is 12.4 Å². The summed E-state index contributed by atoms with van der Waals surface area (Å²) < 4.78 is 79.7. The number of benzene rings is 1. The van der Waals surface area contributed by atoms with Crippen LogP contribution in [0.3, 0.4) is 0 Å². The Labute approximate surface area is 185 Å². The van der Waals surface area contributed by atoms with Crippen LogP contribution in [0.5, 0.6) is 0 Å². The van der Waals surface area contributed by atoms with Crippen molar-refractivity contribution in [1.29, 1.82) is 5.26 Å². The van der Waals surface area contributed by atoms with Crippen molar-refractivity contribution in [2.45, 2.75) is 38.0 Å². The zero-order chi connectivity index (χ0) is 23.7. The van der Waals surface area contributed by atoms with E-state index in [1.54, 1.807) is 6.07 Å². The summed E-state index contributed by atoms with van der Waals surface area (Å²) in [5, 5.41) is 9.08. The normalized spacial score (nSPS) is 13.1. The van der Waals surface area contributed by atoms with Gasteiger partial charge in [-0.1, -0.05) is 17.6 Å². The number of hydrogen-bond donors (Lipinski definition) is 0. The van der Waals surface area contributed by atoms with Gasteiger partial charge in [-0.05, 0) is 43.5 Å². The number of hydrogen-bond acceptors (Lipinski definition) is 4. The maximum absolute atomic E-state index is 13.9. The van der Waals surface area contributed by atoms with Gasteiger partial charge in [0.1, 0.15) is 18.5 Å². The van der Waals surface area contributed by atoms with Crippen molar-refractivity contribution < 1.29 is 26.3 Å². The lowest BCUT2D eigenvalue weighted by molar-refractivity contribution is -0.151. The molecular weight excluding hydrogens is 451 g/mol. The highest BCUT2D eigenvalue weighted by atomic mass is 32.1. The van der Waals surface area contributed by atoms with E-state index < -0.39 is 24.0 Å². The molecule has 2 heterocycles. The maximum Gasteiger partial charge on any atom is 0.433 e. The van der Waals surface area contributed by atoms with E-state index >= 15 is 0 Å². The Hall–Kier alpha value is -2.87. The zero-order valence-corrected chi connectivity index (χ0v) is 17.4. The summed E-state index contributed by atoms with van der Waals surface area (Å²) in [6.07, 6.45) is -8.42. The van der Waals surface area contributed by atoms with Crippen molar-refractivity contribution >= 4 is 24.6 Å². The number of nitrogens with zero attached hydrogens (tertiary/aromatic N) is 3. The number of thiazole rings is 1. The first kappa shape index (κ1) is 23.8. The fraction of sp³-hybridized carbons (Fsp3) is 0.286. The fourth-order valence-corrected chi connectivity index (χ4v) is 4.38. The van der Waals surface area contributed by atoms with Crippen LogP contribution in [0.15, 0.2) is 36.5 Å². The molecule has 3 nitrogen and oxygen atoms in total. The predicted octanol–water partition coefficient (Wildman–Crippen LogP) is 5.48. The smallest absolute Gasteiger partial charge is 0.251 e. The summed E-state index contributed by atoms with van der Waals surface area (Å²) in [4.78, 5) is 7.48. The van der Waals surface area contributed by atoms with Crippen molar-refractivity contribution in [2.24, 2.45) is 0 Å². The quantitative estimate of drug-likeness (QED) is 0.371. The van der Waals surface area contributed by atoms with Crippen molar-refractivity contribution in [3.63, 3.8) is 0 Å². The molecule has 1 unspecified atom stereocenters. The predicted molar refractivity (Wildman–Crippen MR) is 109 cm³/mol. The molecular formula is C21H14BF6N3S. The highest BCUT2D eigenvalue weighted by Crippen LogP contribution is 2.44. The Morgan fingerprint density at radius 3 is 2.38 bits per heavy atom. The number of aryl methyl sites for hydroxylation is 2. The molecule has 3 aromatic rings. The fourth-order valence-electron chi connectivity index (χ4n) is 3.17. The summed E-state index contributed by atoms with van der Waals surface area (Å²) in [6.45, 7) is 1.44. The highest BCUT2D eigenvalue weighted by Gasteiger charge is 2.42. The molecule has 32 heavy (non-hydrogen) atoms. The van der Waals surface area contributed by atoms with Gasteiger partial charge in [0.15, 0.2) is 0 Å². The molecule has 0 aliphatic heterocycles. The standard InChI is InChI=1S/C21H14BF6N3S/c1-11-18(32-19(31-11)14-5-7-17(30-10-14)21(26,27)28)15(20(23,24)25)6-3-12-2-4-13(9-29)16(22)8-12/h2,4-5,7-8,10,15H,3,6H2,1H3. The minimum absolute atomic E-state index is 0.00554. The first-order chi connectivity index (χ1) is 14.9. The molecule has 0 aliphatic carbocycles. The van der Waals surface area contributed by atoms with E-state index in [2.05, 4.69) is 9.97 Å². The molecule has 2 radical (unpaired) electrons. The van der Waals surface area contributed by atoms with Gasteiger partial charge in [-0.3, -0.25) is 4.98 Å². The van der Waals surface area contributed by atoms with Gasteiger partial charge < -0.3 is 0 Å². The van der Waals surface area contributed by atoms with Crippen LogP contribution >= 0.6 is 11.3 Å². The summed E-state index contributed by atoms with van der Waals surface area (Å²) in [7, 11) is 5.74. The Kier molecular flexibility index (Phi) is 6.65. The van der Waals surface area contributed by atoms with Crippen LogP contribution in [0, 0.1) is 18.3 Å². The Balaban J connectivity index is 1.87. The molecule has 0 fully saturated rings. The van der Waals surface area contributed by atoms with Crippen molar-refractivity contribution in [1.82, 2.24) is 9.97 Å². The molecule has 0 bridgehead atoms. The average Bonchev–Trinajstić information content (AvgIpc) is 3.08. The van der Waals surface area contributed by atoms with Crippen LogP contribution in [-0.2, 0) is 12.6 Å². The second kappa shape index (κ2) is 8.94. The molecule has 0 spiro atoms. The summed E-state index contributed by atoms with van der Waals surface area (Å²) in [5.74, 6) is -1.81. The van der Waals surface area contributed by atoms with Crippen LogP contribution in [0.2, 0.25) is 0 Å². The largest absolute Gasteiger partial charge is 0.433 e. The van der Waals surface area contributed by atoms with Gasteiger partial charge in [-0.15, -0.1) is 11.3 Å². The van der Waals surface area contributed by atoms with Crippen LogP contribution in [0.4, 0.5) is 26.3 Å². The van der Waals surface area contributed by atoms with Gasteiger partial charge in [0.25, 0.3) is 0 Å². The van der Waals surface area contributed by atoms with Gasteiger partial charge in [0, 0.05) is 22.2 Å². The van der Waals surface area contributed by atoms with Crippen molar-refractivity contribution in [2.75, 3.05) is 0 Å². The topological polar surface area (TPSA) is 49.6 Å². The van der Waals surface area contributed by atoms with Crippen LogP contribution in [-0.4, -0.2) is 24.0 Å². The average molecular weight is 465 g/mol. The first-order valence-electron chi connectivity index (χ1n) is 9.26. The molecule has 2 aromatic heterocycles. The summed E-state index contributed by atoms with van der Waals surface area (Å²) in [6, 6.07) is 8.29. The second-order valence-electron chi connectivity index (χ2n) is 7.06. The zero-order valence-electron chi connectivity index (χ0n) is 16.6. The number of rotatable bonds is 5. The van der Waals surface area contributed by atoms with Crippen molar-refractivity contribution in [3.8, 4) is 16.6 Å². The van der Waals surface area contributed by atoms with E-state index in [0.717, 1.165) is 29.7 Å². The van der Waals surface area contributed by atoms with Crippen molar-refractivity contribution in [3.05, 3.63) is 63.9 Å². The molecule has 3 rings (SSSR count). The summed E-state index contributed by atoms with van der Waals surface area (Å²) in [5.41, 5.74) is 0.272. The number of pyridine rings is 1. The third kappa shape index (κ3) is 5.30. The molecule has 0 amide bonds. The summed E-state index contributed by atoms with van der Waals surface area (Å²) >= 11 is 0.785. The number of nitriles is 1. The lowest BCUT2D eigenvalue weighted by Gasteiger charge is -2.19.